The van der Waals surface area contributed by atoms with Crippen LogP contribution < -0.4 is 16.0 Å². The molecule has 0 radical (unpaired) electrons. The average Bonchev–Trinajstić information content (AvgIpc) is 3.56. The average molecular weight is 534 g/mol. The van der Waals surface area contributed by atoms with Crippen LogP contribution in [0.1, 0.15) is 37.7 Å². The predicted octanol–water partition coefficient (Wildman–Crippen LogP) is 5.06. The second-order valence-corrected chi connectivity index (χ2v) is 16.2. The lowest BCUT2D eigenvalue weighted by atomic mass is 10.2. The molecule has 10 nitrogen and oxygen atoms in total. The SMILES string of the molecule is Cn1cc2cc(NC(=O)c3coc(-c4ccnc(N)c4)n3)c(N3CC[C@@H](O[Si](C)(C)C(C)(C)C)C3)cc2n1. The largest absolute Gasteiger partial charge is 0.444 e. The van der Waals surface area contributed by atoms with Crippen molar-refractivity contribution < 1.29 is 13.6 Å². The number of oxazole rings is 1. The first-order valence-electron chi connectivity index (χ1n) is 12.8. The van der Waals surface area contributed by atoms with Crippen molar-refractivity contribution in [3.63, 3.8) is 0 Å². The smallest absolute Gasteiger partial charge is 0.277 e. The fraction of sp³-hybridized carbons (Fsp3) is 0.407. The summed E-state index contributed by atoms with van der Waals surface area (Å²) in [5, 5.41) is 8.73. The minimum atomic E-state index is -1.90. The molecule has 0 bridgehead atoms. The molecule has 0 saturated carbocycles. The Morgan fingerprint density at radius 1 is 1.26 bits per heavy atom. The van der Waals surface area contributed by atoms with E-state index in [0.29, 0.717) is 23.0 Å². The molecule has 1 saturated heterocycles. The van der Waals surface area contributed by atoms with Gasteiger partial charge in [0, 0.05) is 43.5 Å². The summed E-state index contributed by atoms with van der Waals surface area (Å²) in [6.07, 6.45) is 5.93. The lowest BCUT2D eigenvalue weighted by Crippen LogP contribution is -2.44. The molecule has 0 unspecified atom stereocenters. The van der Waals surface area contributed by atoms with Crippen molar-refractivity contribution in [2.75, 3.05) is 29.0 Å². The van der Waals surface area contributed by atoms with Gasteiger partial charge in [-0.2, -0.15) is 5.10 Å². The summed E-state index contributed by atoms with van der Waals surface area (Å²) in [5.41, 5.74) is 9.08. The summed E-state index contributed by atoms with van der Waals surface area (Å²) in [7, 11) is -0.00803. The van der Waals surface area contributed by atoms with Crippen molar-refractivity contribution in [3.05, 3.63) is 48.6 Å². The first-order chi connectivity index (χ1) is 17.9. The van der Waals surface area contributed by atoms with Crippen LogP contribution in [-0.4, -0.2) is 53.2 Å². The highest BCUT2D eigenvalue weighted by molar-refractivity contribution is 6.74. The van der Waals surface area contributed by atoms with E-state index >= 15 is 0 Å². The Bertz CT molecular complexity index is 1490. The predicted molar refractivity (Wildman–Crippen MR) is 152 cm³/mol. The first kappa shape index (κ1) is 25.9. The number of amides is 1. The molecule has 4 aromatic rings. The van der Waals surface area contributed by atoms with E-state index in [-0.39, 0.29) is 22.7 Å². The first-order valence-corrected chi connectivity index (χ1v) is 15.7. The van der Waals surface area contributed by atoms with E-state index in [0.717, 1.165) is 36.1 Å². The van der Waals surface area contributed by atoms with Gasteiger partial charge in [-0.15, -0.1) is 0 Å². The topological polar surface area (TPSA) is 124 Å². The number of rotatable bonds is 6. The minimum absolute atomic E-state index is 0.143. The van der Waals surface area contributed by atoms with Crippen molar-refractivity contribution in [1.29, 1.82) is 0 Å². The quantitative estimate of drug-likeness (QED) is 0.330. The van der Waals surface area contributed by atoms with Crippen LogP contribution in [0.5, 0.6) is 0 Å². The fourth-order valence-corrected chi connectivity index (χ4v) is 5.84. The number of aryl methyl sites for hydroxylation is 1. The van der Waals surface area contributed by atoms with Crippen LogP contribution in [0.25, 0.3) is 22.4 Å². The van der Waals surface area contributed by atoms with Gasteiger partial charge in [0.15, 0.2) is 14.0 Å². The highest BCUT2D eigenvalue weighted by Crippen LogP contribution is 2.40. The van der Waals surface area contributed by atoms with E-state index in [4.69, 9.17) is 14.6 Å². The third kappa shape index (κ3) is 5.16. The zero-order valence-corrected chi connectivity index (χ0v) is 23.8. The molecule has 200 valence electrons. The van der Waals surface area contributed by atoms with Crippen LogP contribution in [0.4, 0.5) is 17.2 Å². The van der Waals surface area contributed by atoms with Crippen LogP contribution in [-0.2, 0) is 11.5 Å². The van der Waals surface area contributed by atoms with Gasteiger partial charge in [0.2, 0.25) is 5.89 Å². The summed E-state index contributed by atoms with van der Waals surface area (Å²) >= 11 is 0. The Morgan fingerprint density at radius 2 is 2.05 bits per heavy atom. The highest BCUT2D eigenvalue weighted by atomic mass is 28.4. The number of nitrogens with zero attached hydrogens (tertiary/aromatic N) is 5. The Labute approximate surface area is 223 Å². The van der Waals surface area contributed by atoms with Crippen molar-refractivity contribution in [2.24, 2.45) is 7.05 Å². The second kappa shape index (κ2) is 9.55. The normalized spacial score (nSPS) is 16.4. The molecule has 1 amide bonds. The zero-order chi connectivity index (χ0) is 27.2. The Hall–Kier alpha value is -3.70. The van der Waals surface area contributed by atoms with E-state index in [1.165, 1.54) is 6.26 Å². The number of nitrogens with two attached hydrogens (primary N) is 1. The molecule has 11 heteroatoms. The van der Waals surface area contributed by atoms with Crippen molar-refractivity contribution in [2.45, 2.75) is 51.4 Å². The number of nitrogens with one attached hydrogen (secondary N) is 1. The molecule has 1 aromatic carbocycles. The van der Waals surface area contributed by atoms with E-state index in [9.17, 15) is 4.79 Å². The van der Waals surface area contributed by atoms with Gasteiger partial charge in [-0.3, -0.25) is 9.48 Å². The molecular weight excluding hydrogens is 498 g/mol. The van der Waals surface area contributed by atoms with Crippen LogP contribution in [0.2, 0.25) is 18.1 Å². The molecule has 4 heterocycles. The van der Waals surface area contributed by atoms with Crippen LogP contribution >= 0.6 is 0 Å². The Kier molecular flexibility index (Phi) is 6.52. The molecule has 5 rings (SSSR count). The molecule has 0 spiro atoms. The van der Waals surface area contributed by atoms with Gasteiger partial charge in [0.25, 0.3) is 5.91 Å². The van der Waals surface area contributed by atoms with Crippen LogP contribution in [0, 0.1) is 0 Å². The summed E-state index contributed by atoms with van der Waals surface area (Å²) in [5.74, 6) is 0.291. The van der Waals surface area contributed by atoms with E-state index < -0.39 is 8.32 Å². The van der Waals surface area contributed by atoms with Gasteiger partial charge in [-0.25, -0.2) is 9.97 Å². The van der Waals surface area contributed by atoms with Crippen molar-refractivity contribution >= 4 is 42.3 Å². The number of benzene rings is 1. The van der Waals surface area contributed by atoms with Gasteiger partial charge in [-0.05, 0) is 48.8 Å². The summed E-state index contributed by atoms with van der Waals surface area (Å²) in [6, 6.07) is 7.38. The lowest BCUT2D eigenvalue weighted by Gasteiger charge is -2.38. The molecule has 1 aliphatic heterocycles. The number of hydrogen-bond donors (Lipinski definition) is 2. The Balaban J connectivity index is 1.40. The van der Waals surface area contributed by atoms with Gasteiger partial charge in [-0.1, -0.05) is 20.8 Å². The van der Waals surface area contributed by atoms with Gasteiger partial charge in [0.05, 0.1) is 23.0 Å². The summed E-state index contributed by atoms with van der Waals surface area (Å²) in [6.45, 7) is 12.9. The molecule has 3 N–H and O–H groups in total. The monoisotopic (exact) mass is 533 g/mol. The minimum Gasteiger partial charge on any atom is -0.444 e. The number of fused-ring (bicyclic) bond motifs is 1. The lowest BCUT2D eigenvalue weighted by molar-refractivity contribution is 0.102. The molecular formula is C27H35N7O3Si. The van der Waals surface area contributed by atoms with Gasteiger partial charge < -0.3 is 24.8 Å². The number of nitrogen functional groups attached to an aromatic ring is 1. The maximum absolute atomic E-state index is 13.3. The third-order valence-electron chi connectivity index (χ3n) is 7.50. The maximum atomic E-state index is 13.3. The molecule has 38 heavy (non-hydrogen) atoms. The van der Waals surface area contributed by atoms with E-state index in [1.54, 1.807) is 23.0 Å². The van der Waals surface area contributed by atoms with Crippen LogP contribution in [0.15, 0.2) is 47.3 Å². The number of anilines is 3. The fourth-order valence-electron chi connectivity index (χ4n) is 4.46. The standard InChI is InChI=1S/C27H35N7O3Si/c1-27(2,3)38(5,6)37-19-8-10-34(15-19)23-13-20-18(14-33(4)32-20)11-21(23)30-25(35)22-16-36-26(31-22)17-7-9-29-24(28)12-17/h7,9,11-14,16,19H,8,10,15H2,1-6H3,(H2,28,29)(H,30,35)/t19-/m1/s1. The van der Waals surface area contributed by atoms with Gasteiger partial charge in [0.1, 0.15) is 12.1 Å². The van der Waals surface area contributed by atoms with Gasteiger partial charge >= 0.3 is 0 Å². The van der Waals surface area contributed by atoms with Crippen molar-refractivity contribution in [3.8, 4) is 11.5 Å². The van der Waals surface area contributed by atoms with Crippen LogP contribution in [0.3, 0.4) is 0 Å². The highest BCUT2D eigenvalue weighted by Gasteiger charge is 2.40. The van der Waals surface area contributed by atoms with E-state index in [2.05, 4.69) is 59.1 Å². The molecule has 3 aromatic heterocycles. The van der Waals surface area contributed by atoms with E-state index in [1.807, 2.05) is 25.4 Å². The number of pyridine rings is 1. The number of carbonyl (C=O) groups excluding carboxylic acids is 1. The maximum Gasteiger partial charge on any atom is 0.277 e. The molecule has 1 aliphatic rings. The summed E-state index contributed by atoms with van der Waals surface area (Å²) < 4.78 is 14.0. The zero-order valence-electron chi connectivity index (χ0n) is 22.8. The summed E-state index contributed by atoms with van der Waals surface area (Å²) in [4.78, 5) is 23.9. The Morgan fingerprint density at radius 3 is 2.79 bits per heavy atom. The number of carbonyl (C=O) groups is 1. The number of aromatic nitrogens is 4. The molecule has 0 aliphatic carbocycles. The third-order valence-corrected chi connectivity index (χ3v) is 12.0. The molecule has 1 fully saturated rings. The number of hydrogen-bond acceptors (Lipinski definition) is 8. The second-order valence-electron chi connectivity index (χ2n) is 11.4. The molecule has 1 atom stereocenters. The van der Waals surface area contributed by atoms with Crippen molar-refractivity contribution in [1.82, 2.24) is 19.7 Å².